The first-order valence-corrected chi connectivity index (χ1v) is 9.63. The Labute approximate surface area is 159 Å². The van der Waals surface area contributed by atoms with E-state index in [2.05, 4.69) is 15.6 Å². The molecule has 1 aliphatic carbocycles. The van der Waals surface area contributed by atoms with E-state index >= 15 is 0 Å². The van der Waals surface area contributed by atoms with Gasteiger partial charge >= 0.3 is 0 Å². The van der Waals surface area contributed by atoms with Gasteiger partial charge in [0, 0.05) is 55.3 Å². The summed E-state index contributed by atoms with van der Waals surface area (Å²) in [5.41, 5.74) is 0.603. The van der Waals surface area contributed by atoms with Crippen LogP contribution >= 0.6 is 11.6 Å². The van der Waals surface area contributed by atoms with E-state index in [4.69, 9.17) is 21.1 Å². The predicted octanol–water partition coefficient (Wildman–Crippen LogP) is 2.94. The largest absolute Gasteiger partial charge is 0.381 e. The van der Waals surface area contributed by atoms with Gasteiger partial charge < -0.3 is 20.1 Å². The molecule has 2 N–H and O–H groups in total. The van der Waals surface area contributed by atoms with E-state index in [1.807, 2.05) is 0 Å². The molecule has 1 heterocycles. The molecule has 0 aromatic heterocycles. The van der Waals surface area contributed by atoms with Gasteiger partial charge in [-0.1, -0.05) is 17.7 Å². The maximum absolute atomic E-state index is 14.0. The van der Waals surface area contributed by atoms with Crippen LogP contribution in [-0.4, -0.2) is 52.0 Å². The Morgan fingerprint density at radius 2 is 2.35 bits per heavy atom. The lowest BCUT2D eigenvalue weighted by Gasteiger charge is -2.13. The van der Waals surface area contributed by atoms with E-state index in [1.54, 1.807) is 19.2 Å². The zero-order valence-corrected chi connectivity index (χ0v) is 15.9. The summed E-state index contributed by atoms with van der Waals surface area (Å²) in [5.74, 6) is 1.14. The second-order valence-corrected chi connectivity index (χ2v) is 7.29. The van der Waals surface area contributed by atoms with Crippen LogP contribution in [0.5, 0.6) is 0 Å². The van der Waals surface area contributed by atoms with Crippen LogP contribution in [0.1, 0.15) is 30.7 Å². The number of halogens is 2. The van der Waals surface area contributed by atoms with Crippen LogP contribution in [0.4, 0.5) is 4.39 Å². The molecule has 144 valence electrons. The van der Waals surface area contributed by atoms with Crippen LogP contribution in [-0.2, 0) is 9.47 Å². The number of benzene rings is 1. The van der Waals surface area contributed by atoms with Crippen molar-refractivity contribution in [3.8, 4) is 0 Å². The summed E-state index contributed by atoms with van der Waals surface area (Å²) in [4.78, 5) is 4.23. The van der Waals surface area contributed by atoms with E-state index in [1.165, 1.54) is 6.07 Å². The number of nitrogens with zero attached hydrogens (tertiary/aromatic N) is 1. The average molecular weight is 384 g/mol. The Morgan fingerprint density at radius 3 is 3.08 bits per heavy atom. The van der Waals surface area contributed by atoms with Crippen molar-refractivity contribution in [1.29, 1.82) is 0 Å². The highest BCUT2D eigenvalue weighted by Crippen LogP contribution is 2.44. The number of rotatable bonds is 8. The highest BCUT2D eigenvalue weighted by atomic mass is 35.5. The van der Waals surface area contributed by atoms with E-state index in [9.17, 15) is 4.39 Å². The van der Waals surface area contributed by atoms with Crippen molar-refractivity contribution >= 4 is 17.6 Å². The molecule has 2 aliphatic rings. The lowest BCUT2D eigenvalue weighted by molar-refractivity contribution is 0.0888. The molecule has 3 atom stereocenters. The Balaban J connectivity index is 1.33. The topological polar surface area (TPSA) is 54.9 Å². The van der Waals surface area contributed by atoms with Crippen molar-refractivity contribution in [2.24, 2.45) is 10.9 Å². The summed E-state index contributed by atoms with van der Waals surface area (Å²) in [6.07, 6.45) is 2.86. The minimum atomic E-state index is -0.237. The fraction of sp³-hybridized carbons (Fsp3) is 0.632. The Hall–Kier alpha value is -1.37. The van der Waals surface area contributed by atoms with Crippen molar-refractivity contribution < 1.29 is 13.9 Å². The highest BCUT2D eigenvalue weighted by Gasteiger charge is 2.41. The van der Waals surface area contributed by atoms with Crippen LogP contribution in [0.15, 0.2) is 23.2 Å². The van der Waals surface area contributed by atoms with E-state index < -0.39 is 0 Å². The molecule has 5 nitrogen and oxygen atoms in total. The van der Waals surface area contributed by atoms with E-state index in [-0.39, 0.29) is 17.8 Å². The van der Waals surface area contributed by atoms with Crippen molar-refractivity contribution in [2.45, 2.75) is 31.2 Å². The van der Waals surface area contributed by atoms with Crippen LogP contribution in [0.2, 0.25) is 5.02 Å². The molecule has 1 saturated heterocycles. The maximum atomic E-state index is 14.0. The predicted molar refractivity (Wildman–Crippen MR) is 101 cm³/mol. The SMILES string of the molecule is CN=C(NCCCOCC1CCOC1)NC1CC1c1c(F)cccc1Cl. The smallest absolute Gasteiger partial charge is 0.191 e. The van der Waals surface area contributed by atoms with Gasteiger partial charge in [-0.25, -0.2) is 4.39 Å². The highest BCUT2D eigenvalue weighted by molar-refractivity contribution is 6.31. The molecule has 1 aromatic rings. The van der Waals surface area contributed by atoms with Gasteiger partial charge in [-0.15, -0.1) is 0 Å². The van der Waals surface area contributed by atoms with Gasteiger partial charge in [0.05, 0.1) is 13.2 Å². The van der Waals surface area contributed by atoms with E-state index in [0.717, 1.165) is 58.2 Å². The Kier molecular flexibility index (Phi) is 7.11. The van der Waals surface area contributed by atoms with Crippen molar-refractivity contribution in [1.82, 2.24) is 10.6 Å². The zero-order valence-electron chi connectivity index (χ0n) is 15.1. The Bertz CT molecular complexity index is 603. The van der Waals surface area contributed by atoms with E-state index in [0.29, 0.717) is 16.5 Å². The monoisotopic (exact) mass is 383 g/mol. The summed E-state index contributed by atoms with van der Waals surface area (Å²) in [5, 5.41) is 7.11. The van der Waals surface area contributed by atoms with Gasteiger partial charge in [-0.2, -0.15) is 0 Å². The van der Waals surface area contributed by atoms with Crippen molar-refractivity contribution in [2.75, 3.05) is 40.0 Å². The average Bonchev–Trinajstić information content (AvgIpc) is 3.16. The fourth-order valence-corrected chi connectivity index (χ4v) is 3.56. The molecule has 1 aromatic carbocycles. The molecule has 26 heavy (non-hydrogen) atoms. The third-order valence-electron chi connectivity index (χ3n) is 4.84. The number of guanidine groups is 1. The van der Waals surface area contributed by atoms with Crippen molar-refractivity contribution in [3.05, 3.63) is 34.6 Å². The number of hydrogen-bond acceptors (Lipinski definition) is 3. The second-order valence-electron chi connectivity index (χ2n) is 6.89. The van der Waals surface area contributed by atoms with Crippen molar-refractivity contribution in [3.63, 3.8) is 0 Å². The molecule has 1 aliphatic heterocycles. The van der Waals surface area contributed by atoms with Gasteiger partial charge in [0.1, 0.15) is 5.82 Å². The molecule has 7 heteroatoms. The quantitative estimate of drug-likeness (QED) is 0.411. The molecule has 1 saturated carbocycles. The number of nitrogens with one attached hydrogen (secondary N) is 2. The van der Waals surface area contributed by atoms with Crippen LogP contribution in [0.25, 0.3) is 0 Å². The zero-order chi connectivity index (χ0) is 18.4. The molecular weight excluding hydrogens is 357 g/mol. The molecule has 0 radical (unpaired) electrons. The van der Waals surface area contributed by atoms with Gasteiger partial charge in [0.2, 0.25) is 0 Å². The lowest BCUT2D eigenvalue weighted by Crippen LogP contribution is -2.39. The second kappa shape index (κ2) is 9.53. The van der Waals surface area contributed by atoms with Gasteiger partial charge in [-0.3, -0.25) is 4.99 Å². The Morgan fingerprint density at radius 1 is 1.46 bits per heavy atom. The summed E-state index contributed by atoms with van der Waals surface area (Å²) in [6.45, 7) is 3.96. The molecule has 3 unspecified atom stereocenters. The molecule has 0 amide bonds. The summed E-state index contributed by atoms with van der Waals surface area (Å²) >= 11 is 6.14. The molecule has 3 rings (SSSR count). The third-order valence-corrected chi connectivity index (χ3v) is 5.17. The molecule has 2 fully saturated rings. The number of aliphatic imine (C=N–C) groups is 1. The van der Waals surface area contributed by atoms with Crippen LogP contribution < -0.4 is 10.6 Å². The third kappa shape index (κ3) is 5.32. The standard InChI is InChI=1S/C19H27ClFN3O2/c1-22-19(23-7-3-8-25-11-13-6-9-26-12-13)24-17-10-14(17)18-15(20)4-2-5-16(18)21/h2,4-5,13-14,17H,3,6-12H2,1H3,(H2,22,23,24). The summed E-state index contributed by atoms with van der Waals surface area (Å²) in [6, 6.07) is 4.99. The van der Waals surface area contributed by atoms with Gasteiger partial charge in [0.25, 0.3) is 0 Å². The first-order valence-electron chi connectivity index (χ1n) is 9.25. The molecule has 0 spiro atoms. The normalized spacial score (nSPS) is 25.3. The summed E-state index contributed by atoms with van der Waals surface area (Å²) in [7, 11) is 1.74. The lowest BCUT2D eigenvalue weighted by atomic mass is 10.1. The van der Waals surface area contributed by atoms with Gasteiger partial charge in [0.15, 0.2) is 5.96 Å². The first-order chi connectivity index (χ1) is 12.7. The number of hydrogen-bond donors (Lipinski definition) is 2. The molecular formula is C19H27ClFN3O2. The fourth-order valence-electron chi connectivity index (χ4n) is 3.25. The van der Waals surface area contributed by atoms with Gasteiger partial charge in [-0.05, 0) is 31.4 Å². The maximum Gasteiger partial charge on any atom is 0.191 e. The molecule has 0 bridgehead atoms. The summed E-state index contributed by atoms with van der Waals surface area (Å²) < 4.78 is 25.0. The van der Waals surface area contributed by atoms with Crippen LogP contribution in [0.3, 0.4) is 0 Å². The number of ether oxygens (including phenoxy) is 2. The van der Waals surface area contributed by atoms with Crippen LogP contribution in [0, 0.1) is 11.7 Å². The first kappa shape index (κ1) is 19.4. The minimum absolute atomic E-state index is 0.0965. The minimum Gasteiger partial charge on any atom is -0.381 e.